The average Bonchev–Trinajstić information content (AvgIpc) is 2.39. The number of Topliss-reactive ketones (excluding diaryl/α,β-unsaturated/α-hetero) is 1. The molecule has 2 nitrogen and oxygen atoms in total. The van der Waals surface area contributed by atoms with E-state index < -0.39 is 0 Å². The third-order valence-corrected chi connectivity index (χ3v) is 3.83. The lowest BCUT2D eigenvalue weighted by molar-refractivity contribution is -0.119. The number of allylic oxidation sites excluding steroid dienone is 1. The molecule has 13 heavy (non-hydrogen) atoms. The molecule has 0 saturated heterocycles. The summed E-state index contributed by atoms with van der Waals surface area (Å²) in [4.78, 5) is 11.5. The van der Waals surface area contributed by atoms with Gasteiger partial charge < -0.3 is 4.74 Å². The Morgan fingerprint density at radius 2 is 2.31 bits per heavy atom. The van der Waals surface area contributed by atoms with Crippen molar-refractivity contribution in [3.63, 3.8) is 0 Å². The molecule has 2 bridgehead atoms. The van der Waals surface area contributed by atoms with Crippen LogP contribution in [0.4, 0.5) is 0 Å². The zero-order valence-electron chi connectivity index (χ0n) is 8.30. The molecule has 3 atom stereocenters. The van der Waals surface area contributed by atoms with Crippen molar-refractivity contribution in [3.8, 4) is 0 Å². The molecule has 2 saturated carbocycles. The number of hydrogen-bond donors (Lipinski definition) is 0. The normalized spacial score (nSPS) is 44.2. The van der Waals surface area contributed by atoms with Crippen LogP contribution in [-0.4, -0.2) is 18.5 Å². The Balaban J connectivity index is 2.28. The molecule has 72 valence electrons. The highest BCUT2D eigenvalue weighted by Gasteiger charge is 2.49. The maximum absolute atomic E-state index is 11.5. The van der Waals surface area contributed by atoms with E-state index in [0.717, 1.165) is 18.4 Å². The Morgan fingerprint density at radius 3 is 2.92 bits per heavy atom. The molecule has 2 fully saturated rings. The maximum Gasteiger partial charge on any atom is 0.158 e. The lowest BCUT2D eigenvalue weighted by atomic mass is 9.83. The third kappa shape index (κ3) is 1.16. The van der Waals surface area contributed by atoms with Crippen molar-refractivity contribution in [2.45, 2.75) is 31.8 Å². The van der Waals surface area contributed by atoms with Crippen LogP contribution in [0.3, 0.4) is 0 Å². The summed E-state index contributed by atoms with van der Waals surface area (Å²) in [5.74, 6) is 1.05. The van der Waals surface area contributed by atoms with Crippen LogP contribution in [-0.2, 0) is 9.53 Å². The summed E-state index contributed by atoms with van der Waals surface area (Å²) in [6, 6.07) is 0. The predicted octanol–water partition coefficient (Wildman–Crippen LogP) is 1.95. The minimum atomic E-state index is -0.0836. The number of methoxy groups -OCH3 is 1. The summed E-state index contributed by atoms with van der Waals surface area (Å²) in [5, 5.41) is 0. The number of fused-ring (bicyclic) bond motifs is 2. The summed E-state index contributed by atoms with van der Waals surface area (Å²) >= 11 is 0. The lowest BCUT2D eigenvalue weighted by Crippen LogP contribution is -2.32. The van der Waals surface area contributed by atoms with E-state index in [9.17, 15) is 4.79 Å². The van der Waals surface area contributed by atoms with Gasteiger partial charge in [-0.25, -0.2) is 0 Å². The molecule has 0 aromatic heterocycles. The van der Waals surface area contributed by atoms with Crippen LogP contribution in [0.2, 0.25) is 0 Å². The first-order chi connectivity index (χ1) is 6.07. The zero-order chi connectivity index (χ0) is 9.64. The van der Waals surface area contributed by atoms with Gasteiger partial charge in [-0.15, -0.1) is 0 Å². The molecular formula is C11H16O2. The van der Waals surface area contributed by atoms with Crippen molar-refractivity contribution in [3.05, 3.63) is 12.2 Å². The fourth-order valence-electron chi connectivity index (χ4n) is 2.73. The Morgan fingerprint density at radius 1 is 1.62 bits per heavy atom. The van der Waals surface area contributed by atoms with E-state index in [1.807, 2.05) is 0 Å². The quantitative estimate of drug-likeness (QED) is 0.576. The topological polar surface area (TPSA) is 26.3 Å². The van der Waals surface area contributed by atoms with E-state index in [1.54, 1.807) is 7.11 Å². The smallest absolute Gasteiger partial charge is 0.158 e. The van der Waals surface area contributed by atoms with Crippen molar-refractivity contribution < 1.29 is 9.53 Å². The minimum Gasteiger partial charge on any atom is -0.378 e. The molecular weight excluding hydrogens is 164 g/mol. The first-order valence-electron chi connectivity index (χ1n) is 4.84. The van der Waals surface area contributed by atoms with Gasteiger partial charge >= 0.3 is 0 Å². The summed E-state index contributed by atoms with van der Waals surface area (Å²) in [6.45, 7) is 5.98. The Labute approximate surface area is 79.0 Å². The summed E-state index contributed by atoms with van der Waals surface area (Å²) in [7, 11) is 1.74. The van der Waals surface area contributed by atoms with Gasteiger partial charge in [0.1, 0.15) is 0 Å². The van der Waals surface area contributed by atoms with Gasteiger partial charge in [0.05, 0.1) is 5.60 Å². The molecule has 2 aliphatic carbocycles. The van der Waals surface area contributed by atoms with E-state index in [4.69, 9.17) is 4.74 Å². The average molecular weight is 180 g/mol. The second kappa shape index (κ2) is 2.68. The van der Waals surface area contributed by atoms with Crippen LogP contribution in [0.25, 0.3) is 0 Å². The number of hydrogen-bond acceptors (Lipinski definition) is 2. The van der Waals surface area contributed by atoms with Crippen molar-refractivity contribution in [2.75, 3.05) is 7.11 Å². The van der Waals surface area contributed by atoms with Gasteiger partial charge in [0.25, 0.3) is 0 Å². The van der Waals surface area contributed by atoms with E-state index in [0.29, 0.717) is 18.3 Å². The van der Waals surface area contributed by atoms with Crippen LogP contribution in [0, 0.1) is 11.8 Å². The Kier molecular flexibility index (Phi) is 1.84. The minimum absolute atomic E-state index is 0.0836. The molecule has 0 heterocycles. The first-order valence-corrected chi connectivity index (χ1v) is 4.84. The van der Waals surface area contributed by atoms with Gasteiger partial charge in [-0.3, -0.25) is 4.79 Å². The van der Waals surface area contributed by atoms with Crippen LogP contribution < -0.4 is 0 Å². The number of carbonyl (C=O) groups is 1. The molecule has 2 aliphatic rings. The van der Waals surface area contributed by atoms with Gasteiger partial charge in [-0.1, -0.05) is 6.58 Å². The second-order valence-corrected chi connectivity index (χ2v) is 4.50. The van der Waals surface area contributed by atoms with Gasteiger partial charge in [0.2, 0.25) is 0 Å². The SMILES string of the molecule is C=C1C(=O)C[C@@H]2C[C@H]1CC2(C)OC. The van der Waals surface area contributed by atoms with Gasteiger partial charge in [-0.2, -0.15) is 0 Å². The highest BCUT2D eigenvalue weighted by atomic mass is 16.5. The Hall–Kier alpha value is -0.630. The second-order valence-electron chi connectivity index (χ2n) is 4.50. The maximum atomic E-state index is 11.5. The van der Waals surface area contributed by atoms with Crippen molar-refractivity contribution >= 4 is 5.78 Å². The summed E-state index contributed by atoms with van der Waals surface area (Å²) in [5.41, 5.74) is 0.747. The van der Waals surface area contributed by atoms with Gasteiger partial charge in [0, 0.05) is 13.5 Å². The molecule has 2 rings (SSSR count). The Bertz CT molecular complexity index is 269. The van der Waals surface area contributed by atoms with Crippen LogP contribution >= 0.6 is 0 Å². The molecule has 2 heteroatoms. The highest BCUT2D eigenvalue weighted by Crippen LogP contribution is 2.50. The predicted molar refractivity (Wildman–Crippen MR) is 50.4 cm³/mol. The van der Waals surface area contributed by atoms with Crippen molar-refractivity contribution in [1.82, 2.24) is 0 Å². The molecule has 0 aromatic carbocycles. The largest absolute Gasteiger partial charge is 0.378 e. The summed E-state index contributed by atoms with van der Waals surface area (Å²) < 4.78 is 5.52. The fraction of sp³-hybridized carbons (Fsp3) is 0.727. The molecule has 0 radical (unpaired) electrons. The van der Waals surface area contributed by atoms with E-state index >= 15 is 0 Å². The monoisotopic (exact) mass is 180 g/mol. The third-order valence-electron chi connectivity index (χ3n) is 3.83. The zero-order valence-corrected chi connectivity index (χ0v) is 8.30. The van der Waals surface area contributed by atoms with Crippen molar-refractivity contribution in [1.29, 1.82) is 0 Å². The molecule has 1 unspecified atom stereocenters. The molecule has 0 aliphatic heterocycles. The van der Waals surface area contributed by atoms with E-state index in [1.165, 1.54) is 0 Å². The number of carbonyl (C=O) groups excluding carboxylic acids is 1. The van der Waals surface area contributed by atoms with E-state index in [2.05, 4.69) is 13.5 Å². The van der Waals surface area contributed by atoms with Crippen LogP contribution in [0.1, 0.15) is 26.2 Å². The van der Waals surface area contributed by atoms with Crippen LogP contribution in [0.15, 0.2) is 12.2 Å². The molecule has 0 amide bonds. The standard InChI is InChI=1S/C11H16O2/c1-7-8-4-9(5-10(7)12)11(2,6-8)13-3/h8-9H,1,4-6H2,2-3H3/t8-,9-,11?/m0/s1. The van der Waals surface area contributed by atoms with Gasteiger partial charge in [-0.05, 0) is 37.2 Å². The summed E-state index contributed by atoms with van der Waals surface area (Å²) in [6.07, 6.45) is 2.70. The van der Waals surface area contributed by atoms with Crippen molar-refractivity contribution in [2.24, 2.45) is 11.8 Å². The first kappa shape index (κ1) is 8.95. The molecule has 0 N–H and O–H groups in total. The highest BCUT2D eigenvalue weighted by molar-refractivity contribution is 5.96. The number of ketones is 1. The van der Waals surface area contributed by atoms with Gasteiger partial charge in [0.15, 0.2) is 5.78 Å². The molecule has 0 aromatic rings. The number of ether oxygens (including phenoxy) is 1. The fourth-order valence-corrected chi connectivity index (χ4v) is 2.73. The number of rotatable bonds is 1. The van der Waals surface area contributed by atoms with E-state index in [-0.39, 0.29) is 11.4 Å². The van der Waals surface area contributed by atoms with Crippen LogP contribution in [0.5, 0.6) is 0 Å². The lowest BCUT2D eigenvalue weighted by Gasteiger charge is -2.29. The molecule has 0 spiro atoms.